The lowest BCUT2D eigenvalue weighted by molar-refractivity contribution is -0.120. The molecule has 16 heavy (non-hydrogen) atoms. The molecular formula is C12H14ClNOS. The molecule has 1 saturated carbocycles. The zero-order valence-corrected chi connectivity index (χ0v) is 10.6. The van der Waals surface area contributed by atoms with Crippen molar-refractivity contribution >= 4 is 29.1 Å². The zero-order chi connectivity index (χ0) is 11.4. The van der Waals surface area contributed by atoms with Crippen LogP contribution in [-0.4, -0.2) is 16.5 Å². The van der Waals surface area contributed by atoms with Gasteiger partial charge in [0, 0.05) is 24.3 Å². The fourth-order valence-corrected chi connectivity index (χ4v) is 3.19. The van der Waals surface area contributed by atoms with E-state index in [1.54, 1.807) is 18.0 Å². The van der Waals surface area contributed by atoms with Crippen molar-refractivity contribution in [3.05, 3.63) is 23.4 Å². The molecule has 1 atom stereocenters. The molecule has 4 heteroatoms. The van der Waals surface area contributed by atoms with Crippen LogP contribution in [0.1, 0.15) is 25.7 Å². The van der Waals surface area contributed by atoms with Gasteiger partial charge in [-0.3, -0.25) is 4.79 Å². The minimum Gasteiger partial charge on any atom is -0.299 e. The van der Waals surface area contributed by atoms with Crippen LogP contribution in [-0.2, 0) is 4.79 Å². The van der Waals surface area contributed by atoms with E-state index in [0.717, 1.165) is 36.5 Å². The van der Waals surface area contributed by atoms with Crippen LogP contribution in [0.5, 0.6) is 0 Å². The van der Waals surface area contributed by atoms with Crippen molar-refractivity contribution in [1.29, 1.82) is 0 Å². The fourth-order valence-electron chi connectivity index (χ4n) is 1.97. The molecule has 2 nitrogen and oxygen atoms in total. The summed E-state index contributed by atoms with van der Waals surface area (Å²) < 4.78 is 0. The van der Waals surface area contributed by atoms with Crippen LogP contribution in [0.4, 0.5) is 0 Å². The Labute approximate surface area is 105 Å². The van der Waals surface area contributed by atoms with Crippen LogP contribution in [0.2, 0.25) is 5.02 Å². The van der Waals surface area contributed by atoms with Crippen LogP contribution in [0.25, 0.3) is 0 Å². The number of thioether (sulfide) groups is 1. The molecule has 1 aliphatic carbocycles. The Bertz CT molecular complexity index is 383. The summed E-state index contributed by atoms with van der Waals surface area (Å²) in [7, 11) is 0. The average Bonchev–Trinajstić information content (AvgIpc) is 2.67. The molecule has 1 unspecified atom stereocenters. The van der Waals surface area contributed by atoms with Gasteiger partial charge in [0.2, 0.25) is 0 Å². The minimum atomic E-state index is 0.287. The van der Waals surface area contributed by atoms with Gasteiger partial charge in [0.15, 0.2) is 0 Å². The molecule has 0 amide bonds. The maximum atomic E-state index is 11.4. The number of nitrogens with zero attached hydrogens (tertiary/aromatic N) is 1. The van der Waals surface area contributed by atoms with E-state index in [1.807, 2.05) is 12.1 Å². The molecular weight excluding hydrogens is 242 g/mol. The number of Topliss-reactive ketones (excluding diaryl/α,β-unsaturated/α-hetero) is 1. The van der Waals surface area contributed by atoms with Crippen molar-refractivity contribution in [2.24, 2.45) is 5.92 Å². The van der Waals surface area contributed by atoms with Crippen LogP contribution in [0.3, 0.4) is 0 Å². The number of carbonyl (C=O) groups excluding carboxylic acids is 1. The summed E-state index contributed by atoms with van der Waals surface area (Å²) in [5, 5.41) is 1.57. The molecule has 0 aromatic carbocycles. The number of pyridine rings is 1. The number of hydrogen-bond donors (Lipinski definition) is 0. The molecule has 1 fully saturated rings. The molecule has 1 heterocycles. The Morgan fingerprint density at radius 2 is 2.44 bits per heavy atom. The van der Waals surface area contributed by atoms with Crippen LogP contribution >= 0.6 is 23.4 Å². The number of carbonyl (C=O) groups is 1. The second-order valence-corrected chi connectivity index (χ2v) is 5.47. The lowest BCUT2D eigenvalue weighted by Crippen LogP contribution is -2.06. The van der Waals surface area contributed by atoms with Gasteiger partial charge in [0.1, 0.15) is 10.8 Å². The Kier molecular flexibility index (Phi) is 4.24. The predicted octanol–water partition coefficient (Wildman–Crippen LogP) is 3.59. The summed E-state index contributed by atoms with van der Waals surface area (Å²) in [5.74, 6) is 1.65. The molecule has 1 aliphatic rings. The average molecular weight is 256 g/mol. The van der Waals surface area contributed by atoms with Crippen molar-refractivity contribution in [2.75, 3.05) is 5.75 Å². The topological polar surface area (TPSA) is 30.0 Å². The molecule has 0 radical (unpaired) electrons. The van der Waals surface area contributed by atoms with Crippen molar-refractivity contribution in [3.8, 4) is 0 Å². The SMILES string of the molecule is O=C1CCCC1CCSc1ncccc1Cl. The third-order valence-corrected chi connectivity index (χ3v) is 4.32. The molecule has 1 aromatic heterocycles. The van der Waals surface area contributed by atoms with Crippen molar-refractivity contribution in [1.82, 2.24) is 4.98 Å². The van der Waals surface area contributed by atoms with E-state index >= 15 is 0 Å². The number of aromatic nitrogens is 1. The highest BCUT2D eigenvalue weighted by molar-refractivity contribution is 7.99. The molecule has 0 aliphatic heterocycles. The number of hydrogen-bond acceptors (Lipinski definition) is 3. The maximum Gasteiger partial charge on any atom is 0.136 e. The van der Waals surface area contributed by atoms with Gasteiger partial charge < -0.3 is 0 Å². The first-order chi connectivity index (χ1) is 7.77. The van der Waals surface area contributed by atoms with E-state index in [0.29, 0.717) is 10.8 Å². The largest absolute Gasteiger partial charge is 0.299 e. The standard InChI is InChI=1S/C12H14ClNOS/c13-10-4-2-7-14-12(10)16-8-6-9-3-1-5-11(9)15/h2,4,7,9H,1,3,5-6,8H2. The summed E-state index contributed by atoms with van der Waals surface area (Å²) >= 11 is 7.64. The molecule has 0 spiro atoms. The van der Waals surface area contributed by atoms with Gasteiger partial charge in [0.05, 0.1) is 5.02 Å². The summed E-state index contributed by atoms with van der Waals surface area (Å²) in [6.45, 7) is 0. The van der Waals surface area contributed by atoms with E-state index in [1.165, 1.54) is 0 Å². The molecule has 86 valence electrons. The summed E-state index contributed by atoms with van der Waals surface area (Å²) in [5.41, 5.74) is 0. The highest BCUT2D eigenvalue weighted by Gasteiger charge is 2.23. The minimum absolute atomic E-state index is 0.287. The zero-order valence-electron chi connectivity index (χ0n) is 8.99. The molecule has 0 N–H and O–H groups in total. The number of rotatable bonds is 4. The molecule has 0 saturated heterocycles. The quantitative estimate of drug-likeness (QED) is 0.771. The second-order valence-electron chi connectivity index (χ2n) is 3.98. The molecule has 1 aromatic rings. The monoisotopic (exact) mass is 255 g/mol. The lowest BCUT2D eigenvalue weighted by Gasteiger charge is -2.07. The first-order valence-electron chi connectivity index (χ1n) is 5.53. The van der Waals surface area contributed by atoms with Crippen LogP contribution < -0.4 is 0 Å². The van der Waals surface area contributed by atoms with Gasteiger partial charge in [-0.15, -0.1) is 11.8 Å². The lowest BCUT2D eigenvalue weighted by atomic mass is 10.1. The van der Waals surface area contributed by atoms with Crippen LogP contribution in [0, 0.1) is 5.92 Å². The van der Waals surface area contributed by atoms with Crippen molar-refractivity contribution in [2.45, 2.75) is 30.7 Å². The van der Waals surface area contributed by atoms with Gasteiger partial charge in [-0.1, -0.05) is 11.6 Å². The third kappa shape index (κ3) is 2.98. The van der Waals surface area contributed by atoms with E-state index in [9.17, 15) is 4.79 Å². The Morgan fingerprint density at radius 3 is 3.12 bits per heavy atom. The van der Waals surface area contributed by atoms with Gasteiger partial charge in [-0.25, -0.2) is 4.98 Å². The Morgan fingerprint density at radius 1 is 1.56 bits per heavy atom. The first kappa shape index (κ1) is 11.9. The number of ketones is 1. The summed E-state index contributed by atoms with van der Waals surface area (Å²) in [6.07, 6.45) is 5.61. The van der Waals surface area contributed by atoms with E-state index < -0.39 is 0 Å². The first-order valence-corrected chi connectivity index (χ1v) is 6.90. The van der Waals surface area contributed by atoms with E-state index in [4.69, 9.17) is 11.6 Å². The van der Waals surface area contributed by atoms with Gasteiger partial charge >= 0.3 is 0 Å². The van der Waals surface area contributed by atoms with Gasteiger partial charge in [-0.05, 0) is 31.4 Å². The van der Waals surface area contributed by atoms with Crippen LogP contribution in [0.15, 0.2) is 23.4 Å². The highest BCUT2D eigenvalue weighted by Crippen LogP contribution is 2.29. The van der Waals surface area contributed by atoms with E-state index in [2.05, 4.69) is 4.98 Å². The third-order valence-electron chi connectivity index (χ3n) is 2.86. The van der Waals surface area contributed by atoms with Gasteiger partial charge in [-0.2, -0.15) is 0 Å². The van der Waals surface area contributed by atoms with Crippen molar-refractivity contribution in [3.63, 3.8) is 0 Å². The highest BCUT2D eigenvalue weighted by atomic mass is 35.5. The van der Waals surface area contributed by atoms with Crippen molar-refractivity contribution < 1.29 is 4.79 Å². The Hall–Kier alpha value is -0.540. The fraction of sp³-hybridized carbons (Fsp3) is 0.500. The van der Waals surface area contributed by atoms with E-state index in [-0.39, 0.29) is 5.92 Å². The predicted molar refractivity (Wildman–Crippen MR) is 66.9 cm³/mol. The normalized spacial score (nSPS) is 20.3. The molecule has 0 bridgehead atoms. The smallest absolute Gasteiger partial charge is 0.136 e. The maximum absolute atomic E-state index is 11.4. The summed E-state index contributed by atoms with van der Waals surface area (Å²) in [6, 6.07) is 3.67. The number of halogens is 1. The second kappa shape index (κ2) is 5.69. The Balaban J connectivity index is 1.80. The van der Waals surface area contributed by atoms with Gasteiger partial charge in [0.25, 0.3) is 0 Å². The summed E-state index contributed by atoms with van der Waals surface area (Å²) in [4.78, 5) is 15.6. The molecule has 2 rings (SSSR count).